The van der Waals surface area contributed by atoms with Crippen molar-refractivity contribution in [2.75, 3.05) is 0 Å². The third-order valence-corrected chi connectivity index (χ3v) is 5.16. The van der Waals surface area contributed by atoms with Crippen LogP contribution in [0.3, 0.4) is 0 Å². The van der Waals surface area contributed by atoms with E-state index < -0.39 is 9.84 Å². The highest BCUT2D eigenvalue weighted by Gasteiger charge is 2.11. The molecule has 2 nitrogen and oxygen atoms in total. The van der Waals surface area contributed by atoms with Crippen LogP contribution in [0, 0.1) is 6.92 Å². The number of sulfone groups is 1. The summed E-state index contributed by atoms with van der Waals surface area (Å²) in [5, 5.41) is 2.48. The van der Waals surface area contributed by atoms with Crippen molar-refractivity contribution in [1.82, 2.24) is 0 Å². The predicted octanol–water partition coefficient (Wildman–Crippen LogP) is 5.54. The van der Waals surface area contributed by atoms with Gasteiger partial charge in [-0.1, -0.05) is 53.0 Å². The maximum absolute atomic E-state index is 12.2. The van der Waals surface area contributed by atoms with Crippen molar-refractivity contribution in [2.45, 2.75) is 12.7 Å². The van der Waals surface area contributed by atoms with E-state index in [0.717, 1.165) is 11.0 Å². The van der Waals surface area contributed by atoms with E-state index in [0.29, 0.717) is 26.2 Å². The summed E-state index contributed by atoms with van der Waals surface area (Å²) in [5.41, 5.74) is 2.14. The maximum Gasteiger partial charge on any atom is 0.175 e. The first-order valence-corrected chi connectivity index (χ1v) is 9.23. The fourth-order valence-electron chi connectivity index (χ4n) is 1.85. The minimum absolute atomic E-state index is 0.159. The van der Waals surface area contributed by atoms with Gasteiger partial charge >= 0.3 is 0 Å². The molecule has 0 atom stereocenters. The van der Waals surface area contributed by atoms with Crippen LogP contribution in [0.5, 0.6) is 0 Å². The number of benzene rings is 2. The summed E-state index contributed by atoms with van der Waals surface area (Å²) in [6, 6.07) is 10.2. The third-order valence-electron chi connectivity index (χ3n) is 2.98. The summed E-state index contributed by atoms with van der Waals surface area (Å²) in [4.78, 5) is 0. The van der Waals surface area contributed by atoms with Gasteiger partial charge in [0.25, 0.3) is 0 Å². The van der Waals surface area contributed by atoms with E-state index in [-0.39, 0.29) is 5.75 Å². The van der Waals surface area contributed by atoms with Crippen LogP contribution in [0.15, 0.2) is 41.8 Å². The Morgan fingerprint density at radius 2 is 1.73 bits per heavy atom. The normalized spacial score (nSPS) is 12.0. The molecule has 0 N–H and O–H groups in total. The maximum atomic E-state index is 12.2. The van der Waals surface area contributed by atoms with Crippen molar-refractivity contribution in [3.8, 4) is 0 Å². The molecule has 2 rings (SSSR count). The summed E-state index contributed by atoms with van der Waals surface area (Å²) in [6.45, 7) is 1.90. The molecule has 6 heteroatoms. The molecule has 0 aliphatic rings. The minimum atomic E-state index is -3.45. The molecule has 22 heavy (non-hydrogen) atoms. The summed E-state index contributed by atoms with van der Waals surface area (Å²) >= 11 is 17.9. The van der Waals surface area contributed by atoms with Gasteiger partial charge in [-0.2, -0.15) is 0 Å². The highest BCUT2D eigenvalue weighted by atomic mass is 35.5. The second-order valence-corrected chi connectivity index (χ2v) is 8.01. The van der Waals surface area contributed by atoms with Gasteiger partial charge in [0.2, 0.25) is 0 Å². The number of rotatable bonds is 4. The van der Waals surface area contributed by atoms with Gasteiger partial charge in [-0.15, -0.1) is 0 Å². The molecule has 0 saturated carbocycles. The zero-order valence-electron chi connectivity index (χ0n) is 11.7. The molecule has 0 saturated heterocycles. The fraction of sp³-hybridized carbons (Fsp3) is 0.125. The molecule has 116 valence electrons. The molecule has 0 bridgehead atoms. The molecule has 0 amide bonds. The van der Waals surface area contributed by atoms with Crippen molar-refractivity contribution in [2.24, 2.45) is 0 Å². The Morgan fingerprint density at radius 3 is 2.36 bits per heavy atom. The zero-order valence-corrected chi connectivity index (χ0v) is 14.8. The highest BCUT2D eigenvalue weighted by molar-refractivity contribution is 7.93. The SMILES string of the molecule is Cc1ccc(CS(=O)(=O)/C=C\c2ccc(Cl)cc2Cl)c(Cl)c1. The van der Waals surface area contributed by atoms with Gasteiger partial charge < -0.3 is 0 Å². The van der Waals surface area contributed by atoms with Gasteiger partial charge in [0.1, 0.15) is 0 Å². The summed E-state index contributed by atoms with van der Waals surface area (Å²) < 4.78 is 24.3. The van der Waals surface area contributed by atoms with Gasteiger partial charge in [-0.25, -0.2) is 8.42 Å². The monoisotopic (exact) mass is 374 g/mol. The van der Waals surface area contributed by atoms with E-state index in [9.17, 15) is 8.42 Å². The topological polar surface area (TPSA) is 34.1 Å². The molecule has 0 aliphatic carbocycles. The van der Waals surface area contributed by atoms with Crippen LogP contribution in [-0.2, 0) is 15.6 Å². The first kappa shape index (κ1) is 17.4. The molecular formula is C16H13Cl3O2S. The van der Waals surface area contributed by atoms with Crippen molar-refractivity contribution < 1.29 is 8.42 Å². The molecule has 0 aromatic heterocycles. The molecule has 0 heterocycles. The average Bonchev–Trinajstić information content (AvgIpc) is 2.41. The Hall–Kier alpha value is -1.000. The van der Waals surface area contributed by atoms with E-state index in [1.807, 2.05) is 13.0 Å². The Morgan fingerprint density at radius 1 is 1.00 bits per heavy atom. The predicted molar refractivity (Wildman–Crippen MR) is 94.3 cm³/mol. The van der Waals surface area contributed by atoms with Gasteiger partial charge in [-0.05, 0) is 47.9 Å². The molecular weight excluding hydrogens is 363 g/mol. The molecule has 0 radical (unpaired) electrons. The van der Waals surface area contributed by atoms with Crippen LogP contribution in [-0.4, -0.2) is 8.42 Å². The van der Waals surface area contributed by atoms with Crippen LogP contribution in [0.1, 0.15) is 16.7 Å². The first-order valence-electron chi connectivity index (χ1n) is 6.38. The second-order valence-electron chi connectivity index (χ2n) is 4.87. The van der Waals surface area contributed by atoms with Crippen LogP contribution in [0.25, 0.3) is 6.08 Å². The number of aryl methyl sites for hydroxylation is 1. The van der Waals surface area contributed by atoms with Crippen molar-refractivity contribution in [3.63, 3.8) is 0 Å². The summed E-state index contributed by atoms with van der Waals surface area (Å²) in [5.74, 6) is -0.159. The molecule has 0 fully saturated rings. The molecule has 0 spiro atoms. The molecule has 2 aromatic rings. The van der Waals surface area contributed by atoms with Crippen molar-refractivity contribution in [1.29, 1.82) is 0 Å². The zero-order chi connectivity index (χ0) is 16.3. The largest absolute Gasteiger partial charge is 0.224 e. The van der Waals surface area contributed by atoms with Gasteiger partial charge in [0.15, 0.2) is 9.84 Å². The number of hydrogen-bond donors (Lipinski definition) is 0. The standard InChI is InChI=1S/C16H13Cl3O2S/c1-11-2-3-13(15(18)8-11)10-22(20,21)7-6-12-4-5-14(17)9-16(12)19/h2-9H,10H2,1H3/b7-6-. The Labute approximate surface area is 145 Å². The van der Waals surface area contributed by atoms with E-state index in [1.54, 1.807) is 30.3 Å². The smallest absolute Gasteiger partial charge is 0.175 e. The van der Waals surface area contributed by atoms with Crippen LogP contribution in [0.2, 0.25) is 15.1 Å². The lowest BCUT2D eigenvalue weighted by Crippen LogP contribution is -2.00. The number of hydrogen-bond acceptors (Lipinski definition) is 2. The van der Waals surface area contributed by atoms with Crippen molar-refractivity contribution in [3.05, 3.63) is 73.6 Å². The van der Waals surface area contributed by atoms with E-state index in [2.05, 4.69) is 0 Å². The Kier molecular flexibility index (Phi) is 5.56. The highest BCUT2D eigenvalue weighted by Crippen LogP contribution is 2.24. The van der Waals surface area contributed by atoms with E-state index in [1.165, 1.54) is 6.08 Å². The molecule has 0 unspecified atom stereocenters. The average molecular weight is 376 g/mol. The second kappa shape index (κ2) is 7.05. The van der Waals surface area contributed by atoms with Crippen molar-refractivity contribution >= 4 is 50.7 Å². The van der Waals surface area contributed by atoms with Crippen LogP contribution < -0.4 is 0 Å². The van der Waals surface area contributed by atoms with Crippen LogP contribution in [0.4, 0.5) is 0 Å². The lowest BCUT2D eigenvalue weighted by Gasteiger charge is -2.04. The summed E-state index contributed by atoms with van der Waals surface area (Å²) in [7, 11) is -3.45. The first-order chi connectivity index (χ1) is 10.3. The lowest BCUT2D eigenvalue weighted by molar-refractivity contribution is 0.604. The van der Waals surface area contributed by atoms with Gasteiger partial charge in [-0.3, -0.25) is 0 Å². The minimum Gasteiger partial charge on any atom is -0.224 e. The van der Waals surface area contributed by atoms with Gasteiger partial charge in [0, 0.05) is 20.5 Å². The lowest BCUT2D eigenvalue weighted by atomic mass is 10.2. The fourth-order valence-corrected chi connectivity index (χ4v) is 3.84. The Bertz CT molecular complexity index is 827. The van der Waals surface area contributed by atoms with Gasteiger partial charge in [0.05, 0.1) is 5.75 Å². The summed E-state index contributed by atoms with van der Waals surface area (Å²) in [6.07, 6.45) is 1.45. The molecule has 2 aromatic carbocycles. The quantitative estimate of drug-likeness (QED) is 0.703. The van der Waals surface area contributed by atoms with Crippen LogP contribution >= 0.6 is 34.8 Å². The van der Waals surface area contributed by atoms with E-state index >= 15 is 0 Å². The number of halogens is 3. The molecule has 0 aliphatic heterocycles. The van der Waals surface area contributed by atoms with E-state index in [4.69, 9.17) is 34.8 Å². The Balaban J connectivity index is 2.22. The third kappa shape index (κ3) is 4.75.